The van der Waals surface area contributed by atoms with Crippen LogP contribution in [-0.2, 0) is 4.79 Å². The van der Waals surface area contributed by atoms with Crippen LogP contribution in [0.15, 0.2) is 24.3 Å². The van der Waals surface area contributed by atoms with Crippen molar-refractivity contribution in [3.8, 4) is 17.6 Å². The van der Waals surface area contributed by atoms with Crippen molar-refractivity contribution in [2.24, 2.45) is 5.73 Å². The molecule has 1 aromatic carbocycles. The van der Waals surface area contributed by atoms with Crippen LogP contribution in [0.5, 0.6) is 5.75 Å². The molecule has 0 bridgehead atoms. The Balaban J connectivity index is 2.57. The van der Waals surface area contributed by atoms with Crippen molar-refractivity contribution in [2.75, 3.05) is 6.61 Å². The first kappa shape index (κ1) is 13.9. The third-order valence-electron chi connectivity index (χ3n) is 1.75. The van der Waals surface area contributed by atoms with Crippen LogP contribution in [0.2, 0.25) is 0 Å². The van der Waals surface area contributed by atoms with E-state index in [-0.39, 0.29) is 12.2 Å². The minimum atomic E-state index is -4.36. The van der Waals surface area contributed by atoms with Crippen molar-refractivity contribution in [2.45, 2.75) is 12.6 Å². The number of benzene rings is 1. The molecule has 0 saturated heterocycles. The Morgan fingerprint density at radius 1 is 1.28 bits per heavy atom. The molecule has 96 valence electrons. The van der Waals surface area contributed by atoms with Gasteiger partial charge in [-0.2, -0.15) is 13.2 Å². The number of amides is 1. The van der Waals surface area contributed by atoms with Gasteiger partial charge in [-0.15, -0.1) is 0 Å². The number of carbonyl (C=O) groups excluding carboxylic acids is 1. The van der Waals surface area contributed by atoms with Crippen LogP contribution in [0.4, 0.5) is 13.2 Å². The largest absolute Gasteiger partial charge is 0.484 e. The molecule has 0 fully saturated rings. The lowest BCUT2D eigenvalue weighted by Crippen LogP contribution is -2.19. The first-order valence-corrected chi connectivity index (χ1v) is 4.93. The van der Waals surface area contributed by atoms with E-state index in [1.54, 1.807) is 0 Å². The van der Waals surface area contributed by atoms with E-state index in [0.717, 1.165) is 0 Å². The Morgan fingerprint density at radius 3 is 2.39 bits per heavy atom. The van der Waals surface area contributed by atoms with E-state index in [1.165, 1.54) is 24.3 Å². The lowest BCUT2D eigenvalue weighted by Gasteiger charge is -2.08. The second-order valence-electron chi connectivity index (χ2n) is 3.37. The number of primary amides is 1. The van der Waals surface area contributed by atoms with Gasteiger partial charge in [0.2, 0.25) is 5.91 Å². The summed E-state index contributed by atoms with van der Waals surface area (Å²) in [5, 5.41) is 0. The van der Waals surface area contributed by atoms with E-state index in [2.05, 4.69) is 16.6 Å². The van der Waals surface area contributed by atoms with Crippen molar-refractivity contribution in [3.63, 3.8) is 0 Å². The number of alkyl halides is 3. The van der Waals surface area contributed by atoms with Gasteiger partial charge in [0.25, 0.3) is 0 Å². The predicted molar refractivity (Wildman–Crippen MR) is 58.7 cm³/mol. The van der Waals surface area contributed by atoms with Gasteiger partial charge in [-0.25, -0.2) is 0 Å². The zero-order chi connectivity index (χ0) is 13.6. The van der Waals surface area contributed by atoms with Gasteiger partial charge in [0.1, 0.15) is 5.75 Å². The molecule has 1 aromatic rings. The van der Waals surface area contributed by atoms with Crippen LogP contribution in [0, 0.1) is 11.8 Å². The van der Waals surface area contributed by atoms with Crippen molar-refractivity contribution in [1.29, 1.82) is 0 Å². The highest BCUT2D eigenvalue weighted by molar-refractivity contribution is 5.76. The molecule has 0 aliphatic carbocycles. The summed E-state index contributed by atoms with van der Waals surface area (Å²) in [6, 6.07) is 5.75. The molecule has 0 atom stereocenters. The first-order chi connectivity index (χ1) is 8.37. The van der Waals surface area contributed by atoms with Gasteiger partial charge in [0.05, 0.1) is 6.42 Å². The van der Waals surface area contributed by atoms with E-state index in [1.807, 2.05) is 0 Å². The summed E-state index contributed by atoms with van der Waals surface area (Å²) < 4.78 is 40.1. The second-order valence-corrected chi connectivity index (χ2v) is 3.37. The molecule has 18 heavy (non-hydrogen) atoms. The maximum atomic E-state index is 11.9. The quantitative estimate of drug-likeness (QED) is 0.840. The Labute approximate surface area is 102 Å². The number of halogens is 3. The number of carbonyl (C=O) groups is 1. The van der Waals surface area contributed by atoms with Crippen LogP contribution >= 0.6 is 0 Å². The summed E-state index contributed by atoms with van der Waals surface area (Å²) in [6.07, 6.45) is -4.42. The number of hydrogen-bond acceptors (Lipinski definition) is 2. The normalized spacial score (nSPS) is 10.4. The predicted octanol–water partition coefficient (Wildman–Crippen LogP) is 1.85. The third kappa shape index (κ3) is 5.80. The van der Waals surface area contributed by atoms with Crippen LogP contribution in [0.3, 0.4) is 0 Å². The van der Waals surface area contributed by atoms with Crippen LogP contribution in [0.1, 0.15) is 12.0 Å². The number of nitrogens with two attached hydrogens (primary N) is 1. The topological polar surface area (TPSA) is 52.3 Å². The summed E-state index contributed by atoms with van der Waals surface area (Å²) in [5.41, 5.74) is 5.46. The molecule has 0 heterocycles. The Hall–Kier alpha value is -2.16. The molecule has 0 spiro atoms. The Morgan fingerprint density at radius 2 is 1.89 bits per heavy atom. The molecule has 0 aliphatic heterocycles. The highest BCUT2D eigenvalue weighted by Gasteiger charge is 2.28. The van der Waals surface area contributed by atoms with E-state index in [9.17, 15) is 18.0 Å². The van der Waals surface area contributed by atoms with Crippen LogP contribution in [-0.4, -0.2) is 18.7 Å². The van der Waals surface area contributed by atoms with Gasteiger partial charge in [0.15, 0.2) is 6.61 Å². The maximum absolute atomic E-state index is 11.9. The summed E-state index contributed by atoms with van der Waals surface area (Å²) >= 11 is 0. The van der Waals surface area contributed by atoms with Gasteiger partial charge in [-0.3, -0.25) is 4.79 Å². The molecular weight excluding hydrogens is 247 g/mol. The lowest BCUT2D eigenvalue weighted by atomic mass is 10.2. The number of ether oxygens (including phenoxy) is 1. The highest BCUT2D eigenvalue weighted by Crippen LogP contribution is 2.18. The molecule has 2 N–H and O–H groups in total. The van der Waals surface area contributed by atoms with E-state index < -0.39 is 18.7 Å². The second kappa shape index (κ2) is 5.96. The third-order valence-corrected chi connectivity index (χ3v) is 1.75. The van der Waals surface area contributed by atoms with Crippen molar-refractivity contribution in [1.82, 2.24) is 0 Å². The van der Waals surface area contributed by atoms with E-state index in [0.29, 0.717) is 5.56 Å². The molecule has 1 amide bonds. The van der Waals surface area contributed by atoms with Crippen molar-refractivity contribution >= 4 is 5.91 Å². The standard InChI is InChI=1S/C12H10F3NO2/c13-12(14,15)8-18-10-6-4-9(5-7-10)2-1-3-11(16)17/h4-7H,3,8H2,(H2,16,17). The summed E-state index contributed by atoms with van der Waals surface area (Å²) in [6.45, 7) is -1.33. The van der Waals surface area contributed by atoms with Gasteiger partial charge >= 0.3 is 6.18 Å². The maximum Gasteiger partial charge on any atom is 0.422 e. The Kier molecular flexibility index (Phi) is 4.60. The van der Waals surface area contributed by atoms with Gasteiger partial charge in [-0.05, 0) is 24.3 Å². The van der Waals surface area contributed by atoms with Crippen LogP contribution < -0.4 is 10.5 Å². The smallest absolute Gasteiger partial charge is 0.422 e. The fourth-order valence-electron chi connectivity index (χ4n) is 1.03. The molecule has 0 aromatic heterocycles. The summed E-state index contributed by atoms with van der Waals surface area (Å²) in [4.78, 5) is 10.4. The molecular formula is C12H10F3NO2. The molecule has 0 radical (unpaired) electrons. The van der Waals surface area contributed by atoms with Gasteiger partial charge in [-0.1, -0.05) is 11.8 Å². The monoisotopic (exact) mass is 257 g/mol. The molecule has 0 saturated carbocycles. The average molecular weight is 257 g/mol. The van der Waals surface area contributed by atoms with Crippen molar-refractivity contribution < 1.29 is 22.7 Å². The van der Waals surface area contributed by atoms with Crippen LogP contribution in [0.25, 0.3) is 0 Å². The molecule has 1 rings (SSSR count). The molecule has 6 heteroatoms. The fourth-order valence-corrected chi connectivity index (χ4v) is 1.03. The van der Waals surface area contributed by atoms with E-state index in [4.69, 9.17) is 5.73 Å². The SMILES string of the molecule is NC(=O)CC#Cc1ccc(OCC(F)(F)F)cc1. The lowest BCUT2D eigenvalue weighted by molar-refractivity contribution is -0.153. The number of hydrogen-bond donors (Lipinski definition) is 1. The van der Waals surface area contributed by atoms with Gasteiger partial charge < -0.3 is 10.5 Å². The zero-order valence-corrected chi connectivity index (χ0v) is 9.25. The highest BCUT2D eigenvalue weighted by atomic mass is 19.4. The van der Waals surface area contributed by atoms with Gasteiger partial charge in [0, 0.05) is 5.56 Å². The molecule has 3 nitrogen and oxygen atoms in total. The first-order valence-electron chi connectivity index (χ1n) is 4.93. The van der Waals surface area contributed by atoms with E-state index >= 15 is 0 Å². The number of rotatable bonds is 3. The zero-order valence-electron chi connectivity index (χ0n) is 9.25. The molecule has 0 unspecified atom stereocenters. The minimum Gasteiger partial charge on any atom is -0.484 e. The fraction of sp³-hybridized carbons (Fsp3) is 0.250. The Bertz CT molecular complexity index is 469. The summed E-state index contributed by atoms with van der Waals surface area (Å²) in [7, 11) is 0. The average Bonchev–Trinajstić information content (AvgIpc) is 2.26. The van der Waals surface area contributed by atoms with Crippen molar-refractivity contribution in [3.05, 3.63) is 29.8 Å². The summed E-state index contributed by atoms with van der Waals surface area (Å²) in [5.74, 6) is 4.75. The molecule has 0 aliphatic rings. The minimum absolute atomic E-state index is 0.0632.